The molecule has 3 heterocycles. The summed E-state index contributed by atoms with van der Waals surface area (Å²) in [5, 5.41) is 7.20. The van der Waals surface area contributed by atoms with Gasteiger partial charge in [0.1, 0.15) is 24.0 Å². The van der Waals surface area contributed by atoms with Crippen molar-refractivity contribution in [3.8, 4) is 16.9 Å². The average Bonchev–Trinajstić information content (AvgIpc) is 3.35. The Morgan fingerprint density at radius 3 is 2.55 bits per heavy atom. The van der Waals surface area contributed by atoms with Crippen LogP contribution in [0.2, 0.25) is 0 Å². The van der Waals surface area contributed by atoms with E-state index in [2.05, 4.69) is 10.3 Å². The summed E-state index contributed by atoms with van der Waals surface area (Å²) in [6.45, 7) is 3.86. The van der Waals surface area contributed by atoms with Crippen molar-refractivity contribution >= 4 is 29.4 Å². The molecule has 0 saturated carbocycles. The Morgan fingerprint density at radius 2 is 1.80 bits per heavy atom. The molecule has 3 aromatic carbocycles. The number of aromatic nitrogens is 3. The molecule has 222 valence electrons. The summed E-state index contributed by atoms with van der Waals surface area (Å²) in [6.07, 6.45) is 1.64. The molecule has 1 N–H and O–H groups in total. The maximum Gasteiger partial charge on any atom is 0.240 e. The summed E-state index contributed by atoms with van der Waals surface area (Å²) in [6, 6.07) is 24.1. The minimum absolute atomic E-state index is 0.0370. The highest BCUT2D eigenvalue weighted by Crippen LogP contribution is 2.49. The van der Waals surface area contributed by atoms with Crippen LogP contribution in [0, 0.1) is 25.5 Å². The van der Waals surface area contributed by atoms with E-state index in [9.17, 15) is 14.0 Å². The number of pyridine rings is 1. The minimum Gasteiger partial charge on any atom is -0.349 e. The second-order valence-electron chi connectivity index (χ2n) is 10.5. The Kier molecular flexibility index (Phi) is 8.25. The molecule has 6 rings (SSSR count). The van der Waals surface area contributed by atoms with Crippen LogP contribution < -0.4 is 10.2 Å². The van der Waals surface area contributed by atoms with E-state index in [1.165, 1.54) is 28.8 Å². The van der Waals surface area contributed by atoms with Crippen molar-refractivity contribution in [1.29, 1.82) is 0 Å². The van der Waals surface area contributed by atoms with Gasteiger partial charge in [-0.2, -0.15) is 5.10 Å². The van der Waals surface area contributed by atoms with E-state index < -0.39 is 16.9 Å². The highest BCUT2D eigenvalue weighted by Gasteiger charge is 2.38. The zero-order valence-electron chi connectivity index (χ0n) is 24.1. The summed E-state index contributed by atoms with van der Waals surface area (Å²) in [4.78, 5) is 33.0. The molecule has 1 aliphatic heterocycles. The highest BCUT2D eigenvalue weighted by molar-refractivity contribution is 8.00. The van der Waals surface area contributed by atoms with Gasteiger partial charge in [0, 0.05) is 29.0 Å². The highest BCUT2D eigenvalue weighted by atomic mass is 32.2. The Hall–Kier alpha value is -4.83. The number of halogens is 2. The van der Waals surface area contributed by atoms with Crippen molar-refractivity contribution < 1.29 is 18.4 Å². The van der Waals surface area contributed by atoms with E-state index in [0.29, 0.717) is 22.8 Å². The van der Waals surface area contributed by atoms with Gasteiger partial charge >= 0.3 is 0 Å². The van der Waals surface area contributed by atoms with Gasteiger partial charge in [0.05, 0.1) is 34.6 Å². The molecule has 1 aliphatic rings. The smallest absolute Gasteiger partial charge is 0.240 e. The number of hydrogen-bond acceptors (Lipinski definition) is 5. The molecule has 1 atom stereocenters. The van der Waals surface area contributed by atoms with Gasteiger partial charge < -0.3 is 5.32 Å². The van der Waals surface area contributed by atoms with Gasteiger partial charge in [-0.15, -0.1) is 11.8 Å². The summed E-state index contributed by atoms with van der Waals surface area (Å²) >= 11 is 1.23. The Morgan fingerprint density at radius 1 is 1.00 bits per heavy atom. The lowest BCUT2D eigenvalue weighted by Crippen LogP contribution is -2.42. The van der Waals surface area contributed by atoms with E-state index in [0.717, 1.165) is 28.4 Å². The van der Waals surface area contributed by atoms with Crippen molar-refractivity contribution in [3.63, 3.8) is 0 Å². The Balaban J connectivity index is 1.56. The number of fused-ring (bicyclic) bond motifs is 1. The largest absolute Gasteiger partial charge is 0.349 e. The molecular formula is C34H29F2N5O2S. The van der Waals surface area contributed by atoms with Gasteiger partial charge in [-0.25, -0.2) is 13.5 Å². The van der Waals surface area contributed by atoms with Gasteiger partial charge in [0.25, 0.3) is 0 Å². The third-order valence-corrected chi connectivity index (χ3v) is 8.92. The molecule has 0 bridgehead atoms. The summed E-state index contributed by atoms with van der Waals surface area (Å²) in [7, 11) is 0. The second kappa shape index (κ2) is 12.4. The van der Waals surface area contributed by atoms with E-state index in [1.807, 2.05) is 68.4 Å². The maximum atomic E-state index is 15.5. The number of rotatable bonds is 7. The molecule has 2 amide bonds. The van der Waals surface area contributed by atoms with E-state index >= 15 is 4.39 Å². The lowest BCUT2D eigenvalue weighted by molar-refractivity contribution is -0.123. The second-order valence-corrected chi connectivity index (χ2v) is 11.6. The van der Waals surface area contributed by atoms with Crippen LogP contribution in [-0.4, -0.2) is 38.9 Å². The first kappa shape index (κ1) is 29.3. The van der Waals surface area contributed by atoms with E-state index in [-0.39, 0.29) is 36.2 Å². The number of benzene rings is 3. The standard InChI is InChI=1S/C34H29F2N5O2S/c1-21-9-8-13-28(22(21)2)41-34-31(32(39-41)23-10-4-3-5-11-23)33(26-15-14-24(35)17-27(26)36)44-20-30(43)40(34)19-29(42)38-18-25-12-6-7-16-37-25/h3-17,33H,18-20H2,1-2H3,(H,38,42)/t33-/m1/s1. The quantitative estimate of drug-likeness (QED) is 0.234. The van der Waals surface area contributed by atoms with Crippen LogP contribution >= 0.6 is 11.8 Å². The minimum atomic E-state index is -0.721. The molecule has 2 aromatic heterocycles. The van der Waals surface area contributed by atoms with E-state index in [1.54, 1.807) is 23.0 Å². The number of carbonyl (C=O) groups is 2. The fraction of sp³-hybridized carbons (Fsp3) is 0.176. The molecule has 0 saturated heterocycles. The number of nitrogens with one attached hydrogen (secondary N) is 1. The molecule has 0 fully saturated rings. The molecule has 44 heavy (non-hydrogen) atoms. The predicted molar refractivity (Wildman–Crippen MR) is 168 cm³/mol. The number of carbonyl (C=O) groups excluding carboxylic acids is 2. The normalized spacial score (nSPS) is 14.7. The molecule has 5 aromatic rings. The molecule has 7 nitrogen and oxygen atoms in total. The maximum absolute atomic E-state index is 15.5. The fourth-order valence-corrected chi connectivity index (χ4v) is 6.53. The first-order valence-corrected chi connectivity index (χ1v) is 15.1. The van der Waals surface area contributed by atoms with Crippen LogP contribution in [0.15, 0.2) is 91.1 Å². The first-order valence-electron chi connectivity index (χ1n) is 14.1. The molecular weight excluding hydrogens is 580 g/mol. The molecule has 0 spiro atoms. The lowest BCUT2D eigenvalue weighted by atomic mass is 9.99. The average molecular weight is 610 g/mol. The van der Waals surface area contributed by atoms with Crippen molar-refractivity contribution in [2.45, 2.75) is 25.6 Å². The van der Waals surface area contributed by atoms with Gasteiger partial charge in [0.2, 0.25) is 11.8 Å². The van der Waals surface area contributed by atoms with Gasteiger partial charge in [0.15, 0.2) is 0 Å². The predicted octanol–water partition coefficient (Wildman–Crippen LogP) is 6.31. The zero-order chi connectivity index (χ0) is 30.8. The van der Waals surface area contributed by atoms with Crippen LogP contribution in [-0.2, 0) is 16.1 Å². The van der Waals surface area contributed by atoms with Gasteiger partial charge in [-0.3, -0.25) is 19.5 Å². The van der Waals surface area contributed by atoms with Crippen molar-refractivity contribution in [2.75, 3.05) is 17.2 Å². The molecule has 0 radical (unpaired) electrons. The van der Waals surface area contributed by atoms with Gasteiger partial charge in [-0.1, -0.05) is 54.6 Å². The van der Waals surface area contributed by atoms with Crippen LogP contribution in [0.5, 0.6) is 0 Å². The Bertz CT molecular complexity index is 1850. The third kappa shape index (κ3) is 5.72. The topological polar surface area (TPSA) is 80.1 Å². The fourth-order valence-electron chi connectivity index (χ4n) is 5.31. The SMILES string of the molecule is Cc1cccc(-n2nc(-c3ccccc3)c3c2N(CC(=O)NCc2ccccn2)C(=O)CS[C@@H]3c2ccc(F)cc2F)c1C. The van der Waals surface area contributed by atoms with Crippen LogP contribution in [0.3, 0.4) is 0 Å². The zero-order valence-corrected chi connectivity index (χ0v) is 24.9. The van der Waals surface area contributed by atoms with Crippen LogP contribution in [0.1, 0.15) is 33.2 Å². The van der Waals surface area contributed by atoms with Crippen molar-refractivity contribution in [3.05, 3.63) is 131 Å². The number of aryl methyl sites for hydroxylation is 1. The number of amides is 2. The monoisotopic (exact) mass is 609 g/mol. The summed E-state index contributed by atoms with van der Waals surface area (Å²) in [5.41, 5.74) is 5.44. The van der Waals surface area contributed by atoms with E-state index in [4.69, 9.17) is 5.10 Å². The number of anilines is 1. The number of nitrogens with zero attached hydrogens (tertiary/aromatic N) is 4. The van der Waals surface area contributed by atoms with Crippen molar-refractivity contribution in [1.82, 2.24) is 20.1 Å². The van der Waals surface area contributed by atoms with Gasteiger partial charge in [-0.05, 0) is 49.2 Å². The lowest BCUT2D eigenvalue weighted by Gasteiger charge is -2.24. The molecule has 10 heteroatoms. The number of hydrogen-bond donors (Lipinski definition) is 1. The first-order chi connectivity index (χ1) is 21.3. The summed E-state index contributed by atoms with van der Waals surface area (Å²) in [5.74, 6) is -1.80. The summed E-state index contributed by atoms with van der Waals surface area (Å²) < 4.78 is 31.2. The third-order valence-electron chi connectivity index (χ3n) is 7.68. The molecule has 0 aliphatic carbocycles. The van der Waals surface area contributed by atoms with Crippen LogP contribution in [0.25, 0.3) is 16.9 Å². The number of thioether (sulfide) groups is 1. The molecule has 0 unspecified atom stereocenters. The van der Waals surface area contributed by atoms with Crippen molar-refractivity contribution in [2.24, 2.45) is 0 Å². The Labute approximate surface area is 257 Å². The van der Waals surface area contributed by atoms with Crippen LogP contribution in [0.4, 0.5) is 14.6 Å².